The highest BCUT2D eigenvalue weighted by Gasteiger charge is 2.13. The highest BCUT2D eigenvalue weighted by atomic mass is 79.9. The van der Waals surface area contributed by atoms with Crippen LogP contribution in [0.25, 0.3) is 0 Å². The zero-order valence-electron chi connectivity index (χ0n) is 10.3. The summed E-state index contributed by atoms with van der Waals surface area (Å²) in [7, 11) is 1.73. The Labute approximate surface area is 120 Å². The van der Waals surface area contributed by atoms with E-state index < -0.39 is 0 Å². The maximum atomic E-state index is 5.20. The molecule has 1 N–H and O–H groups in total. The first-order valence-corrected chi connectivity index (χ1v) is 7.15. The molecule has 1 rings (SSSR count). The topological polar surface area (TPSA) is 34.1 Å². The fourth-order valence-corrected chi connectivity index (χ4v) is 2.60. The molecule has 96 valence electrons. The molecule has 1 unspecified atom stereocenters. The predicted octanol–water partition coefficient (Wildman–Crippen LogP) is 3.37. The molecule has 0 aliphatic rings. The van der Waals surface area contributed by atoms with E-state index in [1.54, 1.807) is 7.11 Å². The first-order chi connectivity index (χ1) is 8.04. The lowest BCUT2D eigenvalue weighted by atomic mass is 10.1. The number of aromatic nitrogens is 1. The lowest BCUT2D eigenvalue weighted by Gasteiger charge is -2.21. The van der Waals surface area contributed by atoms with Crippen LogP contribution < -0.4 is 5.32 Å². The lowest BCUT2D eigenvalue weighted by Crippen LogP contribution is -2.37. The summed E-state index contributed by atoms with van der Waals surface area (Å²) in [5.41, 5.74) is 1.01. The van der Waals surface area contributed by atoms with Gasteiger partial charge in [-0.25, -0.2) is 0 Å². The summed E-state index contributed by atoms with van der Waals surface area (Å²) < 4.78 is 7.19. The van der Waals surface area contributed by atoms with E-state index in [2.05, 4.69) is 56.0 Å². The number of nitrogens with one attached hydrogen (secondary N) is 1. The summed E-state index contributed by atoms with van der Waals surface area (Å²) in [6, 6.07) is 2.35. The van der Waals surface area contributed by atoms with Crippen LogP contribution in [-0.2, 0) is 11.3 Å². The maximum Gasteiger partial charge on any atom is 0.0684 e. The summed E-state index contributed by atoms with van der Waals surface area (Å²) in [5.74, 6) is 0.532. The third kappa shape index (κ3) is 5.04. The minimum atomic E-state index is 0.345. The van der Waals surface area contributed by atoms with Gasteiger partial charge >= 0.3 is 0 Å². The second-order valence-electron chi connectivity index (χ2n) is 4.27. The molecule has 1 aromatic rings. The normalized spacial score (nSPS) is 13.1. The Morgan fingerprint density at radius 2 is 2.12 bits per heavy atom. The Hall–Kier alpha value is 0.0300. The van der Waals surface area contributed by atoms with Crippen LogP contribution in [0.4, 0.5) is 0 Å². The van der Waals surface area contributed by atoms with Crippen molar-refractivity contribution in [2.24, 2.45) is 5.92 Å². The van der Waals surface area contributed by atoms with Crippen LogP contribution in [0.1, 0.15) is 19.5 Å². The fraction of sp³-hybridized carbons (Fsp3) is 0.583. The van der Waals surface area contributed by atoms with Crippen LogP contribution >= 0.6 is 31.9 Å². The molecule has 0 saturated carbocycles. The molecule has 0 aliphatic carbocycles. The van der Waals surface area contributed by atoms with E-state index in [1.807, 2.05) is 12.3 Å². The molecule has 1 heterocycles. The average molecular weight is 366 g/mol. The number of nitrogens with zero attached hydrogens (tertiary/aromatic N) is 1. The molecule has 5 heteroatoms. The Bertz CT molecular complexity index is 358. The molecule has 0 aliphatic heterocycles. The van der Waals surface area contributed by atoms with Gasteiger partial charge in [0.1, 0.15) is 0 Å². The van der Waals surface area contributed by atoms with Gasteiger partial charge in [-0.3, -0.25) is 4.98 Å². The van der Waals surface area contributed by atoms with Gasteiger partial charge in [0.2, 0.25) is 0 Å². The zero-order valence-corrected chi connectivity index (χ0v) is 13.5. The molecule has 0 bridgehead atoms. The van der Waals surface area contributed by atoms with Crippen LogP contribution in [0.3, 0.4) is 0 Å². The highest BCUT2D eigenvalue weighted by molar-refractivity contribution is 9.11. The number of hydrogen-bond acceptors (Lipinski definition) is 3. The molecular weight excluding hydrogens is 348 g/mol. The summed E-state index contributed by atoms with van der Waals surface area (Å²) in [6.45, 7) is 5.81. The van der Waals surface area contributed by atoms with Gasteiger partial charge in [0.15, 0.2) is 0 Å². The third-order valence-corrected chi connectivity index (χ3v) is 3.69. The van der Waals surface area contributed by atoms with Crippen LogP contribution in [0.5, 0.6) is 0 Å². The molecule has 0 radical (unpaired) electrons. The van der Waals surface area contributed by atoms with E-state index in [0.717, 1.165) is 21.2 Å². The molecule has 0 amide bonds. The van der Waals surface area contributed by atoms with E-state index in [-0.39, 0.29) is 0 Å². The van der Waals surface area contributed by atoms with E-state index in [4.69, 9.17) is 4.74 Å². The number of pyridine rings is 1. The van der Waals surface area contributed by atoms with Crippen molar-refractivity contribution in [1.29, 1.82) is 0 Å². The Morgan fingerprint density at radius 1 is 1.41 bits per heavy atom. The molecule has 0 fully saturated rings. The van der Waals surface area contributed by atoms with Crippen molar-refractivity contribution in [2.75, 3.05) is 13.7 Å². The van der Waals surface area contributed by atoms with E-state index in [9.17, 15) is 0 Å². The van der Waals surface area contributed by atoms with E-state index in [0.29, 0.717) is 18.6 Å². The zero-order chi connectivity index (χ0) is 12.8. The molecule has 0 aromatic carbocycles. The van der Waals surface area contributed by atoms with Crippen LogP contribution in [0, 0.1) is 5.92 Å². The number of hydrogen-bond donors (Lipinski definition) is 1. The quantitative estimate of drug-likeness (QED) is 0.839. The van der Waals surface area contributed by atoms with Crippen molar-refractivity contribution in [1.82, 2.24) is 10.3 Å². The standard InChI is InChI=1S/C12H18Br2N2O/c1-8(2)12(7-17-3)16-6-11-10(14)4-9(13)5-15-11/h4-5,8,12,16H,6-7H2,1-3H3. The summed E-state index contributed by atoms with van der Waals surface area (Å²) in [5, 5.41) is 3.46. The highest BCUT2D eigenvalue weighted by Crippen LogP contribution is 2.19. The molecular formula is C12H18Br2N2O. The summed E-state index contributed by atoms with van der Waals surface area (Å²) >= 11 is 6.90. The summed E-state index contributed by atoms with van der Waals surface area (Å²) in [6.07, 6.45) is 1.81. The molecule has 1 atom stereocenters. The van der Waals surface area contributed by atoms with Crippen LogP contribution in [0.15, 0.2) is 21.2 Å². The Morgan fingerprint density at radius 3 is 2.65 bits per heavy atom. The largest absolute Gasteiger partial charge is 0.383 e. The second kappa shape index (κ2) is 7.46. The maximum absolute atomic E-state index is 5.20. The molecule has 0 spiro atoms. The van der Waals surface area contributed by atoms with Gasteiger partial charge in [-0.1, -0.05) is 13.8 Å². The second-order valence-corrected chi connectivity index (χ2v) is 6.04. The fourth-order valence-electron chi connectivity index (χ4n) is 1.47. The molecule has 1 aromatic heterocycles. The smallest absolute Gasteiger partial charge is 0.0684 e. The van der Waals surface area contributed by atoms with Gasteiger partial charge in [0, 0.05) is 34.8 Å². The lowest BCUT2D eigenvalue weighted by molar-refractivity contribution is 0.146. The van der Waals surface area contributed by atoms with E-state index in [1.165, 1.54) is 0 Å². The van der Waals surface area contributed by atoms with Crippen molar-refractivity contribution in [3.05, 3.63) is 26.9 Å². The third-order valence-electron chi connectivity index (χ3n) is 2.57. The van der Waals surface area contributed by atoms with Crippen molar-refractivity contribution >= 4 is 31.9 Å². The predicted molar refractivity (Wildman–Crippen MR) is 77.0 cm³/mol. The minimum Gasteiger partial charge on any atom is -0.383 e. The van der Waals surface area contributed by atoms with Crippen molar-refractivity contribution in [2.45, 2.75) is 26.4 Å². The van der Waals surface area contributed by atoms with Gasteiger partial charge in [0.05, 0.1) is 12.3 Å². The van der Waals surface area contributed by atoms with Gasteiger partial charge < -0.3 is 10.1 Å². The average Bonchev–Trinajstić information content (AvgIpc) is 2.25. The molecule has 0 saturated heterocycles. The number of methoxy groups -OCH3 is 1. The van der Waals surface area contributed by atoms with Gasteiger partial charge in [-0.05, 0) is 43.8 Å². The van der Waals surface area contributed by atoms with Crippen molar-refractivity contribution in [3.8, 4) is 0 Å². The van der Waals surface area contributed by atoms with E-state index >= 15 is 0 Å². The van der Waals surface area contributed by atoms with Crippen LogP contribution in [0.2, 0.25) is 0 Å². The summed E-state index contributed by atoms with van der Waals surface area (Å²) in [4.78, 5) is 4.37. The molecule has 3 nitrogen and oxygen atoms in total. The number of ether oxygens (including phenoxy) is 1. The monoisotopic (exact) mass is 364 g/mol. The number of rotatable bonds is 6. The SMILES string of the molecule is COCC(NCc1ncc(Br)cc1Br)C(C)C. The first kappa shape index (κ1) is 15.1. The van der Waals surface area contributed by atoms with Crippen LogP contribution in [-0.4, -0.2) is 24.7 Å². The first-order valence-electron chi connectivity index (χ1n) is 5.56. The van der Waals surface area contributed by atoms with Crippen molar-refractivity contribution in [3.63, 3.8) is 0 Å². The van der Waals surface area contributed by atoms with Gasteiger partial charge in [0.25, 0.3) is 0 Å². The molecule has 17 heavy (non-hydrogen) atoms. The van der Waals surface area contributed by atoms with Crippen molar-refractivity contribution < 1.29 is 4.74 Å². The Balaban J connectivity index is 2.59. The van der Waals surface area contributed by atoms with Gasteiger partial charge in [-0.15, -0.1) is 0 Å². The number of halogens is 2. The minimum absolute atomic E-state index is 0.345. The Kier molecular flexibility index (Phi) is 6.62. The van der Waals surface area contributed by atoms with Gasteiger partial charge in [-0.2, -0.15) is 0 Å².